The quantitative estimate of drug-likeness (QED) is 0.374. The molecular formula is C20H18INO4. The van der Waals surface area contributed by atoms with Crippen LogP contribution >= 0.6 is 22.6 Å². The predicted molar refractivity (Wildman–Crippen MR) is 109 cm³/mol. The Morgan fingerprint density at radius 1 is 1.15 bits per heavy atom. The standard InChI is InChI=1S/C20H18INO4/c1-12(2)25-17-8-7-13(10-18(17)24-3)9-16-20(23)26-19(22-16)14-5-4-6-15(21)11-14/h4-12H,1-3H3. The van der Waals surface area contributed by atoms with E-state index in [9.17, 15) is 4.79 Å². The molecular weight excluding hydrogens is 445 g/mol. The van der Waals surface area contributed by atoms with Crippen molar-refractivity contribution in [2.45, 2.75) is 20.0 Å². The smallest absolute Gasteiger partial charge is 0.363 e. The van der Waals surface area contributed by atoms with E-state index in [1.165, 1.54) is 0 Å². The van der Waals surface area contributed by atoms with E-state index in [1.807, 2.05) is 50.2 Å². The second kappa shape index (κ2) is 7.90. The van der Waals surface area contributed by atoms with Crippen molar-refractivity contribution in [2.75, 3.05) is 7.11 Å². The van der Waals surface area contributed by atoms with Gasteiger partial charge in [-0.2, -0.15) is 0 Å². The summed E-state index contributed by atoms with van der Waals surface area (Å²) < 4.78 is 17.4. The van der Waals surface area contributed by atoms with Gasteiger partial charge < -0.3 is 14.2 Å². The number of hydrogen-bond donors (Lipinski definition) is 0. The molecule has 2 aromatic rings. The summed E-state index contributed by atoms with van der Waals surface area (Å²) in [5, 5.41) is 0. The molecule has 2 aromatic carbocycles. The topological polar surface area (TPSA) is 57.1 Å². The predicted octanol–water partition coefficient (Wildman–Crippen LogP) is 4.43. The van der Waals surface area contributed by atoms with Crippen molar-refractivity contribution in [1.29, 1.82) is 0 Å². The van der Waals surface area contributed by atoms with Gasteiger partial charge in [0.2, 0.25) is 5.90 Å². The number of benzene rings is 2. The summed E-state index contributed by atoms with van der Waals surface area (Å²) in [5.41, 5.74) is 1.79. The van der Waals surface area contributed by atoms with Crippen molar-refractivity contribution in [3.63, 3.8) is 0 Å². The van der Waals surface area contributed by atoms with Gasteiger partial charge >= 0.3 is 5.97 Å². The maximum absolute atomic E-state index is 12.2. The van der Waals surface area contributed by atoms with Crippen LogP contribution in [0.1, 0.15) is 25.0 Å². The Hall–Kier alpha value is -2.35. The number of nitrogens with zero attached hydrogens (tertiary/aromatic N) is 1. The molecule has 0 spiro atoms. The lowest BCUT2D eigenvalue weighted by atomic mass is 10.1. The first kappa shape index (κ1) is 18.4. The Kier molecular flexibility index (Phi) is 5.61. The molecule has 0 amide bonds. The minimum Gasteiger partial charge on any atom is -0.493 e. The van der Waals surface area contributed by atoms with Gasteiger partial charge in [0.05, 0.1) is 13.2 Å². The third-order valence-corrected chi connectivity index (χ3v) is 4.22. The van der Waals surface area contributed by atoms with Crippen molar-refractivity contribution in [1.82, 2.24) is 0 Å². The fourth-order valence-corrected chi connectivity index (χ4v) is 2.98. The van der Waals surface area contributed by atoms with E-state index in [-0.39, 0.29) is 11.8 Å². The second-order valence-electron chi connectivity index (χ2n) is 5.92. The molecule has 0 unspecified atom stereocenters. The van der Waals surface area contributed by atoms with E-state index in [0.717, 1.165) is 14.7 Å². The molecule has 0 N–H and O–H groups in total. The highest BCUT2D eigenvalue weighted by Crippen LogP contribution is 2.30. The molecule has 0 bridgehead atoms. The summed E-state index contributed by atoms with van der Waals surface area (Å²) in [6.45, 7) is 3.90. The van der Waals surface area contributed by atoms with Crippen LogP contribution in [-0.2, 0) is 9.53 Å². The highest BCUT2D eigenvalue weighted by molar-refractivity contribution is 14.1. The lowest BCUT2D eigenvalue weighted by Gasteiger charge is -2.13. The molecule has 1 heterocycles. The second-order valence-corrected chi connectivity index (χ2v) is 7.17. The lowest BCUT2D eigenvalue weighted by molar-refractivity contribution is -0.129. The molecule has 0 saturated heterocycles. The molecule has 5 nitrogen and oxygen atoms in total. The first-order valence-corrected chi connectivity index (χ1v) is 9.17. The van der Waals surface area contributed by atoms with Crippen LogP contribution in [0, 0.1) is 3.57 Å². The van der Waals surface area contributed by atoms with Gasteiger partial charge in [-0.3, -0.25) is 0 Å². The molecule has 0 radical (unpaired) electrons. The van der Waals surface area contributed by atoms with Crippen LogP contribution in [0.3, 0.4) is 0 Å². The van der Waals surface area contributed by atoms with Gasteiger partial charge in [0.15, 0.2) is 17.2 Å². The molecule has 1 aliphatic rings. The molecule has 0 atom stereocenters. The summed E-state index contributed by atoms with van der Waals surface area (Å²) in [5.74, 6) is 1.09. The van der Waals surface area contributed by atoms with Gasteiger partial charge in [0.1, 0.15) is 0 Å². The molecule has 1 aliphatic heterocycles. The third kappa shape index (κ3) is 4.24. The zero-order valence-electron chi connectivity index (χ0n) is 14.7. The monoisotopic (exact) mass is 463 g/mol. The largest absolute Gasteiger partial charge is 0.493 e. The average Bonchev–Trinajstić information content (AvgIpc) is 2.96. The zero-order valence-corrected chi connectivity index (χ0v) is 16.8. The summed E-state index contributed by atoms with van der Waals surface area (Å²) in [6.07, 6.45) is 1.71. The highest BCUT2D eigenvalue weighted by atomic mass is 127. The van der Waals surface area contributed by atoms with E-state index < -0.39 is 5.97 Å². The highest BCUT2D eigenvalue weighted by Gasteiger charge is 2.24. The van der Waals surface area contributed by atoms with Gasteiger partial charge in [0, 0.05) is 9.13 Å². The van der Waals surface area contributed by atoms with Crippen LogP contribution in [0.5, 0.6) is 11.5 Å². The SMILES string of the molecule is COc1cc(C=C2N=C(c3cccc(I)c3)OC2=O)ccc1OC(C)C. The van der Waals surface area contributed by atoms with E-state index in [0.29, 0.717) is 17.4 Å². The molecule has 134 valence electrons. The number of carbonyl (C=O) groups excluding carboxylic acids is 1. The fraction of sp³-hybridized carbons (Fsp3) is 0.200. The van der Waals surface area contributed by atoms with Crippen molar-refractivity contribution < 1.29 is 19.0 Å². The number of cyclic esters (lactones) is 1. The van der Waals surface area contributed by atoms with Gasteiger partial charge in [0.25, 0.3) is 0 Å². The van der Waals surface area contributed by atoms with Crippen LogP contribution in [0.4, 0.5) is 0 Å². The summed E-state index contributed by atoms with van der Waals surface area (Å²) in [4.78, 5) is 16.5. The van der Waals surface area contributed by atoms with Crippen molar-refractivity contribution in [2.24, 2.45) is 4.99 Å². The lowest BCUT2D eigenvalue weighted by Crippen LogP contribution is -2.06. The normalized spacial score (nSPS) is 15.2. The minimum absolute atomic E-state index is 0.0405. The van der Waals surface area contributed by atoms with Gasteiger partial charge in [-0.1, -0.05) is 12.1 Å². The van der Waals surface area contributed by atoms with Crippen molar-refractivity contribution in [3.8, 4) is 11.5 Å². The molecule has 6 heteroatoms. The first-order chi connectivity index (χ1) is 12.5. The number of aliphatic imine (C=N–C) groups is 1. The Balaban J connectivity index is 1.90. The fourth-order valence-electron chi connectivity index (χ4n) is 2.44. The molecule has 0 aromatic heterocycles. The summed E-state index contributed by atoms with van der Waals surface area (Å²) in [6, 6.07) is 13.1. The van der Waals surface area contributed by atoms with Crippen LogP contribution in [0.25, 0.3) is 6.08 Å². The van der Waals surface area contributed by atoms with E-state index in [4.69, 9.17) is 14.2 Å². The number of esters is 1. The number of hydrogen-bond acceptors (Lipinski definition) is 5. The zero-order chi connectivity index (χ0) is 18.7. The van der Waals surface area contributed by atoms with E-state index in [1.54, 1.807) is 19.3 Å². The molecule has 0 saturated carbocycles. The number of methoxy groups -OCH3 is 1. The third-order valence-electron chi connectivity index (χ3n) is 3.55. The average molecular weight is 463 g/mol. The number of ether oxygens (including phenoxy) is 3. The van der Waals surface area contributed by atoms with Crippen LogP contribution < -0.4 is 9.47 Å². The van der Waals surface area contributed by atoms with E-state index in [2.05, 4.69) is 27.6 Å². The van der Waals surface area contributed by atoms with Crippen molar-refractivity contribution in [3.05, 3.63) is 62.9 Å². The Bertz CT molecular complexity index is 902. The molecule has 0 aliphatic carbocycles. The molecule has 26 heavy (non-hydrogen) atoms. The Labute approximate surface area is 165 Å². The van der Waals surface area contributed by atoms with Gasteiger partial charge in [-0.05, 0) is 78.4 Å². The minimum atomic E-state index is -0.472. The molecule has 3 rings (SSSR count). The van der Waals surface area contributed by atoms with Crippen molar-refractivity contribution >= 4 is 40.5 Å². The number of rotatable bonds is 5. The Morgan fingerprint density at radius 2 is 1.96 bits per heavy atom. The first-order valence-electron chi connectivity index (χ1n) is 8.09. The summed E-state index contributed by atoms with van der Waals surface area (Å²) in [7, 11) is 1.58. The van der Waals surface area contributed by atoms with Crippen LogP contribution in [0.2, 0.25) is 0 Å². The number of halogens is 1. The van der Waals surface area contributed by atoms with Crippen LogP contribution in [-0.4, -0.2) is 25.1 Å². The van der Waals surface area contributed by atoms with E-state index >= 15 is 0 Å². The van der Waals surface area contributed by atoms with Crippen LogP contribution in [0.15, 0.2) is 53.2 Å². The molecule has 0 fully saturated rings. The number of carbonyl (C=O) groups is 1. The van der Waals surface area contributed by atoms with Gasteiger partial charge in [-0.25, -0.2) is 9.79 Å². The van der Waals surface area contributed by atoms with Gasteiger partial charge in [-0.15, -0.1) is 0 Å². The Morgan fingerprint density at radius 3 is 2.65 bits per heavy atom. The summed E-state index contributed by atoms with van der Waals surface area (Å²) >= 11 is 2.20. The maximum atomic E-state index is 12.2. The maximum Gasteiger partial charge on any atom is 0.363 e.